The van der Waals surface area contributed by atoms with Gasteiger partial charge in [-0.15, -0.1) is 10.2 Å². The Morgan fingerprint density at radius 3 is 2.58 bits per heavy atom. The molecule has 1 amide bonds. The Morgan fingerprint density at radius 1 is 1.15 bits per heavy atom. The number of carbonyl (C=O) groups excluding carboxylic acids is 1. The van der Waals surface area contributed by atoms with Gasteiger partial charge in [0.15, 0.2) is 11.0 Å². The first-order valence-corrected chi connectivity index (χ1v) is 12.0. The minimum Gasteiger partial charge on any atom is -0.497 e. The molecule has 8 heteroatoms. The number of benzene rings is 2. The highest BCUT2D eigenvalue weighted by atomic mass is 32.2. The molecule has 0 saturated heterocycles. The van der Waals surface area contributed by atoms with Crippen molar-refractivity contribution in [1.82, 2.24) is 19.7 Å². The van der Waals surface area contributed by atoms with E-state index in [9.17, 15) is 4.79 Å². The molecule has 2 aromatic carbocycles. The van der Waals surface area contributed by atoms with Crippen LogP contribution in [0.15, 0.2) is 53.7 Å². The van der Waals surface area contributed by atoms with E-state index >= 15 is 0 Å². The number of nitrogens with zero attached hydrogens (tertiary/aromatic N) is 4. The summed E-state index contributed by atoms with van der Waals surface area (Å²) in [5.41, 5.74) is 2.76. The number of hydrogen-bond donors (Lipinski definition) is 0. The van der Waals surface area contributed by atoms with E-state index < -0.39 is 0 Å². The third-order valence-corrected chi connectivity index (χ3v) is 6.33. The number of carbonyl (C=O) groups is 1. The molecule has 1 aromatic heterocycles. The van der Waals surface area contributed by atoms with Crippen LogP contribution in [-0.4, -0.2) is 60.0 Å². The monoisotopic (exact) mass is 468 g/mol. The fraction of sp³-hybridized carbons (Fsp3) is 0.400. The van der Waals surface area contributed by atoms with Crippen molar-refractivity contribution < 1.29 is 14.3 Å². The SMILES string of the molecule is CCCN(C)C(=O)c1ccc(CSc2nnc(-c3cccc(OC)c3)n2[C@@H](C)COC)cc1. The first kappa shape index (κ1) is 24.8. The van der Waals surface area contributed by atoms with Crippen LogP contribution in [0, 0.1) is 0 Å². The fourth-order valence-electron chi connectivity index (χ4n) is 3.60. The van der Waals surface area contributed by atoms with Crippen LogP contribution in [0.1, 0.15) is 42.2 Å². The number of amides is 1. The third kappa shape index (κ3) is 6.15. The molecule has 0 bridgehead atoms. The summed E-state index contributed by atoms with van der Waals surface area (Å²) in [4.78, 5) is 14.2. The fourth-order valence-corrected chi connectivity index (χ4v) is 4.59. The molecular weight excluding hydrogens is 436 g/mol. The van der Waals surface area contributed by atoms with Crippen molar-refractivity contribution in [3.8, 4) is 17.1 Å². The van der Waals surface area contributed by atoms with Gasteiger partial charge in [0, 0.05) is 37.6 Å². The maximum Gasteiger partial charge on any atom is 0.253 e. The van der Waals surface area contributed by atoms with Gasteiger partial charge < -0.3 is 14.4 Å². The quantitative estimate of drug-likeness (QED) is 0.372. The Morgan fingerprint density at radius 2 is 1.91 bits per heavy atom. The minimum absolute atomic E-state index is 0.0483. The molecule has 0 N–H and O–H groups in total. The van der Waals surface area contributed by atoms with Gasteiger partial charge in [-0.3, -0.25) is 9.36 Å². The number of rotatable bonds is 11. The molecular formula is C25H32N4O3S. The number of aromatic nitrogens is 3. The molecule has 0 unspecified atom stereocenters. The molecule has 0 aliphatic carbocycles. The van der Waals surface area contributed by atoms with Crippen LogP contribution < -0.4 is 4.74 Å². The number of ether oxygens (including phenoxy) is 2. The topological polar surface area (TPSA) is 69.5 Å². The lowest BCUT2D eigenvalue weighted by molar-refractivity contribution is 0.0795. The van der Waals surface area contributed by atoms with E-state index in [0.29, 0.717) is 12.2 Å². The first-order valence-electron chi connectivity index (χ1n) is 11.0. The van der Waals surface area contributed by atoms with Crippen LogP contribution >= 0.6 is 11.8 Å². The molecule has 7 nitrogen and oxygen atoms in total. The number of thioether (sulfide) groups is 1. The highest BCUT2D eigenvalue weighted by Crippen LogP contribution is 2.31. The van der Waals surface area contributed by atoms with E-state index in [1.165, 1.54) is 0 Å². The minimum atomic E-state index is 0.0483. The number of hydrogen-bond acceptors (Lipinski definition) is 6. The average molecular weight is 469 g/mol. The van der Waals surface area contributed by atoms with Gasteiger partial charge in [-0.2, -0.15) is 0 Å². The summed E-state index contributed by atoms with van der Waals surface area (Å²) in [5.74, 6) is 2.32. The Kier molecular flexibility index (Phi) is 8.91. The summed E-state index contributed by atoms with van der Waals surface area (Å²) in [6, 6.07) is 15.7. The predicted octanol–water partition coefficient (Wildman–Crippen LogP) is 4.94. The standard InChI is InChI=1S/C25H32N4O3S/c1-6-14-28(3)24(30)20-12-10-19(11-13-20)17-33-25-27-26-23(29(25)18(2)16-31-4)21-8-7-9-22(15-21)32-5/h7-13,15,18H,6,14,16-17H2,1-5H3/t18-/m0/s1. The van der Waals surface area contributed by atoms with Crippen molar-refractivity contribution in [2.75, 3.05) is 34.4 Å². The Labute approximate surface area is 200 Å². The lowest BCUT2D eigenvalue weighted by Gasteiger charge is -2.18. The summed E-state index contributed by atoms with van der Waals surface area (Å²) in [7, 11) is 5.18. The van der Waals surface area contributed by atoms with Crippen molar-refractivity contribution >= 4 is 17.7 Å². The zero-order valence-corrected chi connectivity index (χ0v) is 20.8. The molecule has 0 aliphatic heterocycles. The van der Waals surface area contributed by atoms with Crippen molar-refractivity contribution in [2.45, 2.75) is 37.2 Å². The maximum atomic E-state index is 12.5. The highest BCUT2D eigenvalue weighted by molar-refractivity contribution is 7.98. The summed E-state index contributed by atoms with van der Waals surface area (Å²) in [6.07, 6.45) is 0.941. The van der Waals surface area contributed by atoms with Crippen molar-refractivity contribution in [1.29, 1.82) is 0 Å². The average Bonchev–Trinajstić information content (AvgIpc) is 3.27. The second-order valence-corrected chi connectivity index (χ2v) is 8.87. The second-order valence-electron chi connectivity index (χ2n) is 7.92. The van der Waals surface area contributed by atoms with E-state index in [0.717, 1.165) is 46.6 Å². The van der Waals surface area contributed by atoms with E-state index in [4.69, 9.17) is 9.47 Å². The van der Waals surface area contributed by atoms with Gasteiger partial charge in [-0.25, -0.2) is 0 Å². The van der Waals surface area contributed by atoms with Crippen LogP contribution in [0.4, 0.5) is 0 Å². The van der Waals surface area contributed by atoms with Crippen molar-refractivity contribution in [3.63, 3.8) is 0 Å². The zero-order valence-electron chi connectivity index (χ0n) is 19.9. The van der Waals surface area contributed by atoms with Gasteiger partial charge in [0.1, 0.15) is 5.75 Å². The predicted molar refractivity (Wildman–Crippen MR) is 132 cm³/mol. The van der Waals surface area contributed by atoms with Crippen LogP contribution in [0.5, 0.6) is 5.75 Å². The molecule has 0 spiro atoms. The lowest BCUT2D eigenvalue weighted by Crippen LogP contribution is -2.27. The molecule has 3 aromatic rings. The summed E-state index contributed by atoms with van der Waals surface area (Å²) >= 11 is 1.62. The highest BCUT2D eigenvalue weighted by Gasteiger charge is 2.20. The molecule has 0 saturated carbocycles. The maximum absolute atomic E-state index is 12.5. The van der Waals surface area contributed by atoms with Gasteiger partial charge >= 0.3 is 0 Å². The molecule has 0 fully saturated rings. The van der Waals surface area contributed by atoms with Gasteiger partial charge in [0.25, 0.3) is 5.91 Å². The molecule has 1 atom stereocenters. The van der Waals surface area contributed by atoms with Crippen LogP contribution in [-0.2, 0) is 10.5 Å². The Balaban J connectivity index is 1.79. The molecule has 0 radical (unpaired) electrons. The largest absolute Gasteiger partial charge is 0.497 e. The van der Waals surface area contributed by atoms with E-state index in [-0.39, 0.29) is 11.9 Å². The first-order chi connectivity index (χ1) is 16.0. The van der Waals surface area contributed by atoms with Crippen molar-refractivity contribution in [2.24, 2.45) is 0 Å². The van der Waals surface area contributed by atoms with Crippen LogP contribution in [0.2, 0.25) is 0 Å². The molecule has 0 aliphatic rings. The van der Waals surface area contributed by atoms with E-state index in [2.05, 4.69) is 28.6 Å². The number of methoxy groups -OCH3 is 2. The smallest absolute Gasteiger partial charge is 0.253 e. The molecule has 176 valence electrons. The van der Waals surface area contributed by atoms with E-state index in [1.807, 2.05) is 55.6 Å². The van der Waals surface area contributed by atoms with Gasteiger partial charge in [0.2, 0.25) is 0 Å². The molecule has 1 heterocycles. The normalized spacial score (nSPS) is 11.9. The van der Waals surface area contributed by atoms with Crippen LogP contribution in [0.25, 0.3) is 11.4 Å². The summed E-state index contributed by atoms with van der Waals surface area (Å²) in [6.45, 7) is 5.45. The van der Waals surface area contributed by atoms with E-state index in [1.54, 1.807) is 30.9 Å². The summed E-state index contributed by atoms with van der Waals surface area (Å²) in [5, 5.41) is 9.78. The Hall–Kier alpha value is -2.84. The second kappa shape index (κ2) is 11.9. The zero-order chi connectivity index (χ0) is 23.8. The molecule has 3 rings (SSSR count). The Bertz CT molecular complexity index is 1050. The summed E-state index contributed by atoms with van der Waals surface area (Å²) < 4.78 is 12.9. The van der Waals surface area contributed by atoms with Gasteiger partial charge in [-0.05, 0) is 43.2 Å². The van der Waals surface area contributed by atoms with Gasteiger partial charge in [-0.1, -0.05) is 43.0 Å². The molecule has 33 heavy (non-hydrogen) atoms. The third-order valence-electron chi connectivity index (χ3n) is 5.32. The lowest BCUT2D eigenvalue weighted by atomic mass is 10.1. The van der Waals surface area contributed by atoms with Crippen molar-refractivity contribution in [3.05, 3.63) is 59.7 Å². The van der Waals surface area contributed by atoms with Crippen LogP contribution in [0.3, 0.4) is 0 Å². The van der Waals surface area contributed by atoms with Gasteiger partial charge in [0.05, 0.1) is 19.8 Å².